The highest BCUT2D eigenvalue weighted by atomic mass is 32.2. The lowest BCUT2D eigenvalue weighted by Crippen LogP contribution is -2.48. The third kappa shape index (κ3) is 4.40. The van der Waals surface area contributed by atoms with Gasteiger partial charge in [0.05, 0.1) is 36.2 Å². The van der Waals surface area contributed by atoms with Crippen molar-refractivity contribution in [2.45, 2.75) is 4.90 Å². The van der Waals surface area contributed by atoms with Gasteiger partial charge in [0.2, 0.25) is 11.8 Å². The largest absolute Gasteiger partial charge is 0.493 e. The summed E-state index contributed by atoms with van der Waals surface area (Å²) in [4.78, 5) is 26.8. The van der Waals surface area contributed by atoms with Crippen molar-refractivity contribution in [2.75, 3.05) is 41.8 Å². The Bertz CT molecular complexity index is 1330. The average molecular weight is 482 g/mol. The molecule has 9 nitrogen and oxygen atoms in total. The van der Waals surface area contributed by atoms with Gasteiger partial charge >= 0.3 is 0 Å². The zero-order valence-electron chi connectivity index (χ0n) is 18.6. The number of benzene rings is 3. The first kappa shape index (κ1) is 23.1. The van der Waals surface area contributed by atoms with Crippen LogP contribution in [0.5, 0.6) is 11.5 Å². The van der Waals surface area contributed by atoms with E-state index in [2.05, 4.69) is 5.32 Å². The van der Waals surface area contributed by atoms with Crippen LogP contribution in [-0.4, -0.2) is 47.5 Å². The van der Waals surface area contributed by atoms with Crippen molar-refractivity contribution in [2.24, 2.45) is 0 Å². The second kappa shape index (κ2) is 9.44. The van der Waals surface area contributed by atoms with E-state index in [1.54, 1.807) is 54.6 Å². The summed E-state index contributed by atoms with van der Waals surface area (Å²) < 4.78 is 38.9. The van der Waals surface area contributed by atoms with Crippen LogP contribution in [0.25, 0.3) is 0 Å². The van der Waals surface area contributed by atoms with E-state index in [-0.39, 0.29) is 23.1 Å². The van der Waals surface area contributed by atoms with Gasteiger partial charge in [-0.1, -0.05) is 30.3 Å². The van der Waals surface area contributed by atoms with E-state index >= 15 is 0 Å². The summed E-state index contributed by atoms with van der Waals surface area (Å²) in [5, 5.41) is 2.72. The number of hydrogen-bond donors (Lipinski definition) is 1. The lowest BCUT2D eigenvalue weighted by molar-refractivity contribution is -0.121. The molecule has 1 N–H and O–H groups in total. The molecular formula is C24H23N3O6S. The van der Waals surface area contributed by atoms with E-state index < -0.39 is 22.5 Å². The van der Waals surface area contributed by atoms with Crippen LogP contribution in [-0.2, 0) is 19.6 Å². The Morgan fingerprint density at radius 1 is 0.971 bits per heavy atom. The van der Waals surface area contributed by atoms with Gasteiger partial charge in [0, 0.05) is 6.07 Å². The lowest BCUT2D eigenvalue weighted by Gasteiger charge is -2.32. The quantitative estimate of drug-likeness (QED) is 0.556. The van der Waals surface area contributed by atoms with Crippen LogP contribution < -0.4 is 24.0 Å². The van der Waals surface area contributed by atoms with Crippen molar-refractivity contribution in [1.82, 2.24) is 0 Å². The molecule has 0 saturated heterocycles. The van der Waals surface area contributed by atoms with E-state index in [0.29, 0.717) is 22.8 Å². The van der Waals surface area contributed by atoms with Crippen LogP contribution in [0.2, 0.25) is 0 Å². The topological polar surface area (TPSA) is 105 Å². The second-order valence-corrected chi connectivity index (χ2v) is 9.27. The van der Waals surface area contributed by atoms with E-state index in [9.17, 15) is 18.0 Å². The molecule has 34 heavy (non-hydrogen) atoms. The van der Waals surface area contributed by atoms with Crippen molar-refractivity contribution < 1.29 is 27.5 Å². The third-order valence-electron chi connectivity index (χ3n) is 5.34. The maximum atomic E-state index is 13.7. The number of sulfonamides is 1. The van der Waals surface area contributed by atoms with Gasteiger partial charge in [-0.05, 0) is 36.4 Å². The second-order valence-electron chi connectivity index (χ2n) is 7.41. The standard InChI is InChI=1S/C24H23N3O6S/c1-32-21-13-12-18(14-22(21)33-2)34(30,31)27(17-8-4-3-5-9-17)16-24(29)26-15-23(28)25-19-10-6-7-11-20(19)26/h3-14H,15-16H2,1-2H3,(H,25,28). The highest BCUT2D eigenvalue weighted by Crippen LogP contribution is 2.33. The van der Waals surface area contributed by atoms with Crippen molar-refractivity contribution in [1.29, 1.82) is 0 Å². The van der Waals surface area contributed by atoms with Crippen molar-refractivity contribution in [3.63, 3.8) is 0 Å². The number of hydrogen-bond acceptors (Lipinski definition) is 6. The average Bonchev–Trinajstić information content (AvgIpc) is 2.86. The van der Waals surface area contributed by atoms with Gasteiger partial charge in [-0.3, -0.25) is 18.8 Å². The molecule has 0 fully saturated rings. The van der Waals surface area contributed by atoms with Crippen molar-refractivity contribution in [3.05, 3.63) is 72.8 Å². The summed E-state index contributed by atoms with van der Waals surface area (Å²) in [7, 11) is -1.33. The van der Waals surface area contributed by atoms with Crippen LogP contribution in [0.15, 0.2) is 77.7 Å². The summed E-state index contributed by atoms with van der Waals surface area (Å²) in [6.45, 7) is -0.725. The summed E-state index contributed by atoms with van der Waals surface area (Å²) >= 11 is 0. The van der Waals surface area contributed by atoms with E-state index in [1.807, 2.05) is 0 Å². The summed E-state index contributed by atoms with van der Waals surface area (Å²) in [5.41, 5.74) is 1.30. The van der Waals surface area contributed by atoms with Gasteiger partial charge in [-0.15, -0.1) is 0 Å². The summed E-state index contributed by atoms with van der Waals surface area (Å²) in [6, 6.07) is 19.4. The number of nitrogens with zero attached hydrogens (tertiary/aromatic N) is 2. The minimum Gasteiger partial charge on any atom is -0.493 e. The first-order valence-corrected chi connectivity index (χ1v) is 11.8. The monoisotopic (exact) mass is 481 g/mol. The zero-order valence-corrected chi connectivity index (χ0v) is 19.4. The summed E-state index contributed by atoms with van der Waals surface area (Å²) in [5.74, 6) is -0.291. The van der Waals surface area contributed by atoms with Crippen LogP contribution in [0, 0.1) is 0 Å². The van der Waals surface area contributed by atoms with E-state index in [4.69, 9.17) is 9.47 Å². The van der Waals surface area contributed by atoms with Gasteiger partial charge in [0.15, 0.2) is 11.5 Å². The molecule has 0 spiro atoms. The highest BCUT2D eigenvalue weighted by Gasteiger charge is 2.33. The first-order valence-electron chi connectivity index (χ1n) is 10.3. The minimum absolute atomic E-state index is 0.0707. The predicted molar refractivity (Wildman–Crippen MR) is 128 cm³/mol. The summed E-state index contributed by atoms with van der Waals surface area (Å²) in [6.07, 6.45) is 0. The normalized spacial score (nSPS) is 13.0. The number of para-hydroxylation sites is 3. The molecule has 1 aliphatic heterocycles. The molecule has 3 aromatic rings. The van der Waals surface area contributed by atoms with Gasteiger partial charge in [-0.25, -0.2) is 8.42 Å². The number of carbonyl (C=O) groups excluding carboxylic acids is 2. The van der Waals surface area contributed by atoms with Gasteiger partial charge in [0.1, 0.15) is 13.1 Å². The number of rotatable bonds is 7. The number of ether oxygens (including phenoxy) is 2. The molecule has 0 unspecified atom stereocenters. The van der Waals surface area contributed by atoms with Crippen molar-refractivity contribution in [3.8, 4) is 11.5 Å². The Morgan fingerprint density at radius 2 is 1.65 bits per heavy atom. The molecule has 0 bridgehead atoms. The van der Waals surface area contributed by atoms with Gasteiger partial charge < -0.3 is 14.8 Å². The van der Waals surface area contributed by atoms with Crippen LogP contribution >= 0.6 is 0 Å². The maximum absolute atomic E-state index is 13.7. The number of fused-ring (bicyclic) bond motifs is 1. The van der Waals surface area contributed by atoms with Crippen LogP contribution in [0.1, 0.15) is 0 Å². The van der Waals surface area contributed by atoms with Crippen molar-refractivity contribution >= 4 is 38.9 Å². The fourth-order valence-electron chi connectivity index (χ4n) is 3.68. The molecule has 176 valence electrons. The fourth-order valence-corrected chi connectivity index (χ4v) is 5.11. The van der Waals surface area contributed by atoms with Crippen LogP contribution in [0.3, 0.4) is 0 Å². The molecule has 0 aromatic heterocycles. The van der Waals surface area contributed by atoms with E-state index in [1.165, 1.54) is 37.3 Å². The molecule has 0 aliphatic carbocycles. The van der Waals surface area contributed by atoms with Gasteiger partial charge in [-0.2, -0.15) is 0 Å². The molecule has 0 saturated carbocycles. The molecule has 0 atom stereocenters. The molecule has 2 amide bonds. The van der Waals surface area contributed by atoms with E-state index in [0.717, 1.165) is 4.31 Å². The van der Waals surface area contributed by atoms with Gasteiger partial charge in [0.25, 0.3) is 10.0 Å². The Labute approximate surface area is 197 Å². The zero-order chi connectivity index (χ0) is 24.3. The molecular weight excluding hydrogens is 458 g/mol. The molecule has 10 heteroatoms. The number of methoxy groups -OCH3 is 2. The number of carbonyl (C=O) groups is 2. The Hall–Kier alpha value is -4.05. The number of amides is 2. The fraction of sp³-hybridized carbons (Fsp3) is 0.167. The number of nitrogens with one attached hydrogen (secondary N) is 1. The lowest BCUT2D eigenvalue weighted by atomic mass is 10.2. The molecule has 3 aromatic carbocycles. The predicted octanol–water partition coefficient (Wildman–Crippen LogP) is 2.88. The smallest absolute Gasteiger partial charge is 0.264 e. The highest BCUT2D eigenvalue weighted by molar-refractivity contribution is 7.92. The molecule has 1 aliphatic rings. The number of anilines is 3. The molecule has 4 rings (SSSR count). The maximum Gasteiger partial charge on any atom is 0.264 e. The molecule has 1 heterocycles. The van der Waals surface area contributed by atoms with Crippen LogP contribution in [0.4, 0.5) is 17.1 Å². The SMILES string of the molecule is COc1ccc(S(=O)(=O)N(CC(=O)N2CC(=O)Nc3ccccc32)c2ccccc2)cc1OC. The first-order chi connectivity index (χ1) is 16.3. The molecule has 0 radical (unpaired) electrons. The minimum atomic E-state index is -4.19. The Kier molecular flexibility index (Phi) is 6.42. The Balaban J connectivity index is 1.74. The third-order valence-corrected chi connectivity index (χ3v) is 7.11. The Morgan fingerprint density at radius 3 is 2.35 bits per heavy atom.